The van der Waals surface area contributed by atoms with Crippen LogP contribution in [0.1, 0.15) is 28.9 Å². The number of hydrogen-bond donors (Lipinski definition) is 1. The van der Waals surface area contributed by atoms with Crippen molar-refractivity contribution in [2.45, 2.75) is 13.0 Å². The van der Waals surface area contributed by atoms with Gasteiger partial charge in [-0.2, -0.15) is 0 Å². The highest BCUT2D eigenvalue weighted by atomic mass is 35.5. The Labute approximate surface area is 109 Å². The Kier molecular flexibility index (Phi) is 4.76. The number of pyridine rings is 1. The summed E-state index contributed by atoms with van der Waals surface area (Å²) in [6.07, 6.45) is 4.92. The predicted molar refractivity (Wildman–Crippen MR) is 64.0 cm³/mol. The Balaban J connectivity index is 3.29. The van der Waals surface area contributed by atoms with Gasteiger partial charge in [-0.1, -0.05) is 29.1 Å². The van der Waals surface area contributed by atoms with Gasteiger partial charge in [0.2, 0.25) is 0 Å². The van der Waals surface area contributed by atoms with E-state index in [1.54, 1.807) is 6.92 Å². The highest BCUT2D eigenvalue weighted by Crippen LogP contribution is 2.31. The molecule has 0 aliphatic heterocycles. The zero-order chi connectivity index (χ0) is 13.0. The summed E-state index contributed by atoms with van der Waals surface area (Å²) in [5, 5.41) is 9.43. The standard InChI is InChI=1S/C11H9Cl2NO3/c1-3-7(15)8-9(12)6(5-14-10(8)13)11(16)17-4-2/h1,5,7,15H,4H2,2H3. The molecule has 0 aliphatic rings. The van der Waals surface area contributed by atoms with E-state index in [0.29, 0.717) is 0 Å². The lowest BCUT2D eigenvalue weighted by atomic mass is 10.1. The molecular formula is C11H9Cl2NO3. The molecular weight excluding hydrogens is 265 g/mol. The van der Waals surface area contributed by atoms with Crippen LogP contribution in [0, 0.1) is 12.3 Å². The molecule has 1 heterocycles. The van der Waals surface area contributed by atoms with E-state index in [1.807, 2.05) is 0 Å². The van der Waals surface area contributed by atoms with Gasteiger partial charge >= 0.3 is 5.97 Å². The highest BCUT2D eigenvalue weighted by molar-refractivity contribution is 6.37. The molecule has 6 heteroatoms. The molecule has 4 nitrogen and oxygen atoms in total. The van der Waals surface area contributed by atoms with Gasteiger partial charge in [0, 0.05) is 11.8 Å². The van der Waals surface area contributed by atoms with Crippen molar-refractivity contribution < 1.29 is 14.6 Å². The minimum absolute atomic E-state index is 0.0159. The van der Waals surface area contributed by atoms with E-state index < -0.39 is 12.1 Å². The van der Waals surface area contributed by atoms with Crippen molar-refractivity contribution in [3.05, 3.63) is 27.5 Å². The van der Waals surface area contributed by atoms with Crippen molar-refractivity contribution in [3.8, 4) is 12.3 Å². The van der Waals surface area contributed by atoms with Crippen LogP contribution in [-0.2, 0) is 4.74 Å². The van der Waals surface area contributed by atoms with Gasteiger partial charge in [0.05, 0.1) is 17.2 Å². The molecule has 1 aromatic rings. The molecule has 0 saturated carbocycles. The number of carbonyl (C=O) groups excluding carboxylic acids is 1. The van der Waals surface area contributed by atoms with Crippen molar-refractivity contribution in [3.63, 3.8) is 0 Å². The van der Waals surface area contributed by atoms with Gasteiger partial charge in [0.25, 0.3) is 0 Å². The SMILES string of the molecule is C#CC(O)c1c(Cl)ncc(C(=O)OCC)c1Cl. The van der Waals surface area contributed by atoms with Crippen LogP contribution in [0.3, 0.4) is 0 Å². The van der Waals surface area contributed by atoms with Gasteiger partial charge in [-0.3, -0.25) is 0 Å². The molecule has 17 heavy (non-hydrogen) atoms. The number of terminal acetylenes is 1. The normalized spacial score (nSPS) is 11.7. The topological polar surface area (TPSA) is 59.4 Å². The molecule has 0 spiro atoms. The second-order valence-corrected chi connectivity index (χ2v) is 3.72. The van der Waals surface area contributed by atoms with Gasteiger partial charge in [0.1, 0.15) is 11.3 Å². The summed E-state index contributed by atoms with van der Waals surface area (Å²) in [5.41, 5.74) is 0.0450. The average Bonchev–Trinajstić information content (AvgIpc) is 2.29. The number of hydrogen-bond acceptors (Lipinski definition) is 4. The van der Waals surface area contributed by atoms with Crippen LogP contribution in [0.5, 0.6) is 0 Å². The van der Waals surface area contributed by atoms with Crippen molar-refractivity contribution >= 4 is 29.2 Å². The largest absolute Gasteiger partial charge is 0.462 e. The number of rotatable bonds is 3. The molecule has 1 rings (SSSR count). The number of carbonyl (C=O) groups is 1. The number of ether oxygens (including phenoxy) is 1. The number of esters is 1. The van der Waals surface area contributed by atoms with Crippen molar-refractivity contribution in [2.75, 3.05) is 6.61 Å². The molecule has 0 fully saturated rings. The smallest absolute Gasteiger partial charge is 0.341 e. The second kappa shape index (κ2) is 5.87. The van der Waals surface area contributed by atoms with E-state index >= 15 is 0 Å². The molecule has 1 atom stereocenters. The fourth-order valence-corrected chi connectivity index (χ4v) is 1.76. The Bertz CT molecular complexity index is 482. The van der Waals surface area contributed by atoms with Gasteiger partial charge in [-0.25, -0.2) is 9.78 Å². The predicted octanol–water partition coefficient (Wildman–Crippen LogP) is 2.23. The first-order chi connectivity index (χ1) is 8.02. The number of aliphatic hydroxyl groups excluding tert-OH is 1. The Morgan fingerprint density at radius 3 is 2.88 bits per heavy atom. The van der Waals surface area contributed by atoms with Crippen LogP contribution in [-0.4, -0.2) is 22.7 Å². The lowest BCUT2D eigenvalue weighted by Crippen LogP contribution is -2.09. The molecule has 0 amide bonds. The number of halogens is 2. The van der Waals surface area contributed by atoms with Gasteiger partial charge in [0.15, 0.2) is 0 Å². The fourth-order valence-electron chi connectivity index (χ4n) is 1.15. The zero-order valence-electron chi connectivity index (χ0n) is 8.91. The van der Waals surface area contributed by atoms with Crippen molar-refractivity contribution in [2.24, 2.45) is 0 Å². The monoisotopic (exact) mass is 273 g/mol. The second-order valence-electron chi connectivity index (χ2n) is 2.98. The Hall–Kier alpha value is -1.28. The molecule has 1 unspecified atom stereocenters. The van der Waals surface area contributed by atoms with Gasteiger partial charge < -0.3 is 9.84 Å². The Morgan fingerprint density at radius 2 is 2.35 bits per heavy atom. The summed E-state index contributed by atoms with van der Waals surface area (Å²) in [6.45, 7) is 1.86. The van der Waals surface area contributed by atoms with E-state index in [-0.39, 0.29) is 27.9 Å². The molecule has 0 aliphatic carbocycles. The fraction of sp³-hybridized carbons (Fsp3) is 0.273. The maximum absolute atomic E-state index is 11.5. The third-order valence-electron chi connectivity index (χ3n) is 1.93. The summed E-state index contributed by atoms with van der Waals surface area (Å²) < 4.78 is 4.78. The summed E-state index contributed by atoms with van der Waals surface area (Å²) >= 11 is 11.7. The van der Waals surface area contributed by atoms with Gasteiger partial charge in [-0.15, -0.1) is 6.42 Å². The van der Waals surface area contributed by atoms with Crippen LogP contribution < -0.4 is 0 Å². The molecule has 0 radical (unpaired) electrons. The van der Waals surface area contributed by atoms with E-state index in [1.165, 1.54) is 6.20 Å². The molecule has 0 bridgehead atoms. The number of aliphatic hydroxyl groups is 1. The first-order valence-corrected chi connectivity index (χ1v) is 5.43. The van der Waals surface area contributed by atoms with E-state index in [2.05, 4.69) is 10.9 Å². The molecule has 1 aromatic heterocycles. The average molecular weight is 274 g/mol. The van der Waals surface area contributed by atoms with Crippen LogP contribution in [0.25, 0.3) is 0 Å². The quantitative estimate of drug-likeness (QED) is 0.521. The third kappa shape index (κ3) is 2.89. The van der Waals surface area contributed by atoms with E-state index in [9.17, 15) is 9.90 Å². The lowest BCUT2D eigenvalue weighted by molar-refractivity contribution is 0.0526. The van der Waals surface area contributed by atoms with E-state index in [0.717, 1.165) is 0 Å². The molecule has 1 N–H and O–H groups in total. The molecule has 90 valence electrons. The summed E-state index contributed by atoms with van der Waals surface area (Å²) in [7, 11) is 0. The minimum atomic E-state index is -1.32. The highest BCUT2D eigenvalue weighted by Gasteiger charge is 2.22. The first kappa shape index (κ1) is 13.8. The zero-order valence-corrected chi connectivity index (χ0v) is 10.4. The lowest BCUT2D eigenvalue weighted by Gasteiger charge is -2.11. The van der Waals surface area contributed by atoms with Crippen LogP contribution in [0.2, 0.25) is 10.2 Å². The van der Waals surface area contributed by atoms with Crippen molar-refractivity contribution in [1.82, 2.24) is 4.98 Å². The maximum Gasteiger partial charge on any atom is 0.341 e. The van der Waals surface area contributed by atoms with Crippen LogP contribution in [0.4, 0.5) is 0 Å². The summed E-state index contributed by atoms with van der Waals surface area (Å²) in [6, 6.07) is 0. The molecule has 0 aromatic carbocycles. The van der Waals surface area contributed by atoms with Crippen molar-refractivity contribution in [1.29, 1.82) is 0 Å². The first-order valence-electron chi connectivity index (χ1n) is 4.68. The maximum atomic E-state index is 11.5. The number of nitrogens with zero attached hydrogens (tertiary/aromatic N) is 1. The Morgan fingerprint density at radius 1 is 1.71 bits per heavy atom. The molecule has 0 saturated heterocycles. The van der Waals surface area contributed by atoms with E-state index in [4.69, 9.17) is 34.4 Å². The number of aromatic nitrogens is 1. The van der Waals surface area contributed by atoms with Crippen LogP contribution in [0.15, 0.2) is 6.20 Å². The third-order valence-corrected chi connectivity index (χ3v) is 2.64. The summed E-state index contributed by atoms with van der Waals surface area (Å²) in [5.74, 6) is 1.41. The van der Waals surface area contributed by atoms with Gasteiger partial charge in [-0.05, 0) is 6.92 Å². The summed E-state index contributed by atoms with van der Waals surface area (Å²) in [4.78, 5) is 15.3. The minimum Gasteiger partial charge on any atom is -0.462 e. The van der Waals surface area contributed by atoms with Crippen LogP contribution >= 0.6 is 23.2 Å².